The summed E-state index contributed by atoms with van der Waals surface area (Å²) in [6, 6.07) is 0. The molecule has 0 rings (SSSR count). The molecule has 0 aromatic carbocycles. The minimum atomic E-state index is -2.79. The highest BCUT2D eigenvalue weighted by Crippen LogP contribution is 2.19. The maximum atomic E-state index is 10.8. The molecule has 1 unspecified atom stereocenters. The van der Waals surface area contributed by atoms with Crippen molar-refractivity contribution in [1.29, 1.82) is 0 Å². The quantitative estimate of drug-likeness (QED) is 0.312. The minimum absolute atomic E-state index is 0.0455. The van der Waals surface area contributed by atoms with Crippen LogP contribution in [0.3, 0.4) is 0 Å². The van der Waals surface area contributed by atoms with E-state index in [-0.39, 0.29) is 12.0 Å². The molecular weight excluding hydrogens is 176 g/mol. The molecule has 5 heteroatoms. The fourth-order valence-corrected chi connectivity index (χ4v) is 0.734. The normalized spacial score (nSPS) is 13.6. The van der Waals surface area contributed by atoms with Gasteiger partial charge in [-0.1, -0.05) is 13.5 Å². The summed E-state index contributed by atoms with van der Waals surface area (Å²) in [5, 5.41) is 26.1. The van der Waals surface area contributed by atoms with E-state index in [1.54, 1.807) is 0 Å². The lowest BCUT2D eigenvalue weighted by molar-refractivity contribution is -0.338. The van der Waals surface area contributed by atoms with Gasteiger partial charge >= 0.3 is 5.97 Å². The summed E-state index contributed by atoms with van der Waals surface area (Å²) in [6.45, 7) is 4.74. The molecule has 0 aromatic heterocycles. The van der Waals surface area contributed by atoms with Gasteiger partial charge < -0.3 is 20.1 Å². The van der Waals surface area contributed by atoms with Crippen LogP contribution in [0.1, 0.15) is 13.3 Å². The van der Waals surface area contributed by atoms with Gasteiger partial charge in [-0.3, -0.25) is 0 Å². The Morgan fingerprint density at radius 3 is 2.31 bits per heavy atom. The fourth-order valence-electron chi connectivity index (χ4n) is 0.734. The zero-order valence-corrected chi connectivity index (χ0v) is 7.65. The first kappa shape index (κ1) is 12.1. The first-order valence-corrected chi connectivity index (χ1v) is 3.72. The maximum absolute atomic E-state index is 10.8. The molecule has 3 N–H and O–H groups in total. The van der Waals surface area contributed by atoms with Gasteiger partial charge in [0.05, 0.1) is 7.11 Å². The molecule has 0 spiro atoms. The van der Waals surface area contributed by atoms with Crippen molar-refractivity contribution in [3.63, 3.8) is 0 Å². The van der Waals surface area contributed by atoms with Gasteiger partial charge in [0.1, 0.15) is 0 Å². The summed E-state index contributed by atoms with van der Waals surface area (Å²) in [5.41, 5.74) is 0.0801. The Labute approximate surface area is 76.3 Å². The molecule has 0 saturated heterocycles. The first-order valence-electron chi connectivity index (χ1n) is 3.72. The van der Waals surface area contributed by atoms with E-state index in [0.717, 1.165) is 0 Å². The number of rotatable bonds is 4. The molecule has 0 bridgehead atoms. The Balaban J connectivity index is 4.15. The average Bonchev–Trinajstić information content (AvgIpc) is 2.01. The highest BCUT2D eigenvalue weighted by Gasteiger charge is 2.29. The van der Waals surface area contributed by atoms with Crippen LogP contribution < -0.4 is 0 Å². The van der Waals surface area contributed by atoms with Gasteiger partial charge in [-0.05, 0) is 6.42 Å². The largest absolute Gasteiger partial charge is 0.466 e. The summed E-state index contributed by atoms with van der Waals surface area (Å²) in [7, 11) is 1.20. The van der Waals surface area contributed by atoms with Crippen LogP contribution in [0.2, 0.25) is 0 Å². The molecular formula is C8H14O5. The van der Waals surface area contributed by atoms with Crippen LogP contribution in [0.4, 0.5) is 0 Å². The Morgan fingerprint density at radius 2 is 2.00 bits per heavy atom. The number of aliphatic hydroxyl groups is 3. The van der Waals surface area contributed by atoms with Crippen molar-refractivity contribution in [3.8, 4) is 0 Å². The highest BCUT2D eigenvalue weighted by molar-refractivity contribution is 5.87. The molecule has 0 heterocycles. The van der Waals surface area contributed by atoms with Crippen molar-refractivity contribution in [3.05, 3.63) is 12.2 Å². The molecule has 0 aliphatic carbocycles. The summed E-state index contributed by atoms with van der Waals surface area (Å²) in [6.07, 6.45) is -0.0455. The minimum Gasteiger partial charge on any atom is -0.466 e. The Morgan fingerprint density at radius 1 is 1.54 bits per heavy atom. The molecule has 5 nitrogen and oxygen atoms in total. The van der Waals surface area contributed by atoms with Crippen LogP contribution in [-0.2, 0) is 9.53 Å². The van der Waals surface area contributed by atoms with Crippen molar-refractivity contribution >= 4 is 5.97 Å². The van der Waals surface area contributed by atoms with Crippen molar-refractivity contribution in [2.75, 3.05) is 7.11 Å². The molecule has 0 aliphatic rings. The number of ether oxygens (including phenoxy) is 1. The van der Waals surface area contributed by atoms with Crippen LogP contribution in [0, 0.1) is 5.92 Å². The predicted molar refractivity (Wildman–Crippen MR) is 44.3 cm³/mol. The number of carbonyl (C=O) groups excluding carboxylic acids is 1. The number of esters is 1. The molecule has 0 fully saturated rings. The van der Waals surface area contributed by atoms with Gasteiger partial charge in [0, 0.05) is 11.5 Å². The van der Waals surface area contributed by atoms with Gasteiger partial charge in [-0.2, -0.15) is 0 Å². The maximum Gasteiger partial charge on any atom is 0.333 e. The van der Waals surface area contributed by atoms with Crippen LogP contribution >= 0.6 is 0 Å². The van der Waals surface area contributed by atoms with Crippen molar-refractivity contribution in [1.82, 2.24) is 0 Å². The van der Waals surface area contributed by atoms with Gasteiger partial charge in [-0.25, -0.2) is 4.79 Å². The molecule has 1 atom stereocenters. The molecule has 0 aliphatic heterocycles. The summed E-state index contributed by atoms with van der Waals surface area (Å²) >= 11 is 0. The SMILES string of the molecule is C=C(CC(C)C(O)(O)O)C(=O)OC. The van der Waals surface area contributed by atoms with Crippen LogP contribution in [-0.4, -0.2) is 34.4 Å². The van der Waals surface area contributed by atoms with Crippen molar-refractivity contribution < 1.29 is 24.9 Å². The number of hydrogen-bond donors (Lipinski definition) is 3. The summed E-state index contributed by atoms with van der Waals surface area (Å²) in [5.74, 6) is -4.33. The molecule has 13 heavy (non-hydrogen) atoms. The third-order valence-electron chi connectivity index (χ3n) is 1.69. The smallest absolute Gasteiger partial charge is 0.333 e. The van der Waals surface area contributed by atoms with Gasteiger partial charge in [0.15, 0.2) is 0 Å². The summed E-state index contributed by atoms with van der Waals surface area (Å²) in [4.78, 5) is 10.8. The second-order valence-electron chi connectivity index (χ2n) is 2.89. The van der Waals surface area contributed by atoms with E-state index < -0.39 is 17.9 Å². The average molecular weight is 190 g/mol. The van der Waals surface area contributed by atoms with E-state index in [4.69, 9.17) is 15.3 Å². The van der Waals surface area contributed by atoms with E-state index in [0.29, 0.717) is 0 Å². The monoisotopic (exact) mass is 190 g/mol. The molecule has 0 radical (unpaired) electrons. The van der Waals surface area contributed by atoms with Crippen molar-refractivity contribution in [2.24, 2.45) is 5.92 Å². The lowest BCUT2D eigenvalue weighted by atomic mass is 10.0. The van der Waals surface area contributed by atoms with Gasteiger partial charge in [0.25, 0.3) is 5.97 Å². The third-order valence-corrected chi connectivity index (χ3v) is 1.69. The second kappa shape index (κ2) is 4.36. The lowest BCUT2D eigenvalue weighted by Crippen LogP contribution is -2.36. The Hall–Kier alpha value is -0.910. The van der Waals surface area contributed by atoms with Gasteiger partial charge in [0.2, 0.25) is 0 Å². The number of methoxy groups -OCH3 is 1. The zero-order chi connectivity index (χ0) is 10.6. The predicted octanol–water partition coefficient (Wildman–Crippen LogP) is -0.627. The lowest BCUT2D eigenvalue weighted by Gasteiger charge is -2.22. The van der Waals surface area contributed by atoms with E-state index in [9.17, 15) is 4.79 Å². The third kappa shape index (κ3) is 4.02. The zero-order valence-electron chi connectivity index (χ0n) is 7.65. The van der Waals surface area contributed by atoms with Crippen molar-refractivity contribution in [2.45, 2.75) is 19.3 Å². The first-order chi connectivity index (χ1) is 5.79. The topological polar surface area (TPSA) is 87.0 Å². The van der Waals surface area contributed by atoms with Gasteiger partial charge in [-0.15, -0.1) is 0 Å². The van der Waals surface area contributed by atoms with E-state index >= 15 is 0 Å². The fraction of sp³-hybridized carbons (Fsp3) is 0.625. The number of hydrogen-bond acceptors (Lipinski definition) is 5. The van der Waals surface area contributed by atoms with Crippen LogP contribution in [0.15, 0.2) is 12.2 Å². The molecule has 0 aromatic rings. The van der Waals surface area contributed by atoms with E-state index in [1.165, 1.54) is 14.0 Å². The Bertz CT molecular complexity index is 203. The summed E-state index contributed by atoms with van der Waals surface area (Å²) < 4.78 is 4.34. The number of carbonyl (C=O) groups is 1. The molecule has 76 valence electrons. The van der Waals surface area contributed by atoms with Crippen LogP contribution in [0.25, 0.3) is 0 Å². The second-order valence-corrected chi connectivity index (χ2v) is 2.89. The molecule has 0 saturated carbocycles. The van der Waals surface area contributed by atoms with E-state index in [1.807, 2.05) is 0 Å². The van der Waals surface area contributed by atoms with Crippen LogP contribution in [0.5, 0.6) is 0 Å². The standard InChI is InChI=1S/C8H14O5/c1-5(7(9)13-3)4-6(2)8(10,11)12/h6,10-12H,1,4H2,2-3H3. The highest BCUT2D eigenvalue weighted by atomic mass is 16.7. The van der Waals surface area contributed by atoms with E-state index in [2.05, 4.69) is 11.3 Å². The Kier molecular flexibility index (Phi) is 4.06. The molecule has 0 amide bonds.